The zero-order valence-electron chi connectivity index (χ0n) is 10.8. The van der Waals surface area contributed by atoms with Gasteiger partial charge < -0.3 is 5.32 Å². The van der Waals surface area contributed by atoms with Gasteiger partial charge in [-0.15, -0.1) is 23.2 Å². The number of rotatable bonds is 3. The summed E-state index contributed by atoms with van der Waals surface area (Å²) in [4.78, 5) is 8.50. The average Bonchev–Trinajstić information content (AvgIpc) is 2.91. The molecule has 1 aromatic carbocycles. The van der Waals surface area contributed by atoms with Crippen LogP contribution in [0.2, 0.25) is 0 Å². The molecule has 2 N–H and O–H groups in total. The molecule has 1 atom stereocenters. The quantitative estimate of drug-likeness (QED) is 0.721. The van der Waals surface area contributed by atoms with Crippen LogP contribution < -0.4 is 5.32 Å². The number of aromatic nitrogens is 4. The number of nitrogens with one attached hydrogen (secondary N) is 2. The Labute approximate surface area is 130 Å². The van der Waals surface area contributed by atoms with Crippen LogP contribution in [-0.2, 0) is 0 Å². The van der Waals surface area contributed by atoms with Gasteiger partial charge in [0.2, 0.25) is 0 Å². The monoisotopic (exact) mass is 319 g/mol. The molecule has 2 heterocycles. The van der Waals surface area contributed by atoms with Gasteiger partial charge in [-0.05, 0) is 18.6 Å². The van der Waals surface area contributed by atoms with E-state index in [2.05, 4.69) is 25.5 Å². The largest absolute Gasteiger partial charge is 0.323 e. The van der Waals surface area contributed by atoms with E-state index in [0.717, 1.165) is 28.8 Å². The van der Waals surface area contributed by atoms with Crippen molar-refractivity contribution in [2.45, 2.75) is 16.7 Å². The van der Waals surface area contributed by atoms with Crippen LogP contribution in [0, 0.1) is 0 Å². The van der Waals surface area contributed by atoms with Gasteiger partial charge >= 0.3 is 0 Å². The van der Waals surface area contributed by atoms with Crippen LogP contribution in [0.5, 0.6) is 0 Å². The number of nitrogens with zero attached hydrogens (tertiary/aromatic N) is 3. The second-order valence-corrected chi connectivity index (χ2v) is 6.63. The van der Waals surface area contributed by atoms with Crippen molar-refractivity contribution in [2.75, 3.05) is 5.32 Å². The van der Waals surface area contributed by atoms with Gasteiger partial charge in [-0.25, -0.2) is 9.97 Å². The van der Waals surface area contributed by atoms with Gasteiger partial charge in [0.05, 0.1) is 5.52 Å². The lowest BCUT2D eigenvalue weighted by Crippen LogP contribution is -1.96. The van der Waals surface area contributed by atoms with Crippen LogP contribution in [0.4, 0.5) is 11.6 Å². The molecule has 1 fully saturated rings. The second-order valence-electron chi connectivity index (χ2n) is 5.09. The van der Waals surface area contributed by atoms with Crippen LogP contribution >= 0.6 is 23.2 Å². The van der Waals surface area contributed by atoms with Gasteiger partial charge in [-0.2, -0.15) is 5.10 Å². The third kappa shape index (κ3) is 2.32. The first-order chi connectivity index (χ1) is 10.1. The predicted octanol–water partition coefficient (Wildman–Crippen LogP) is 3.76. The highest BCUT2D eigenvalue weighted by Gasteiger charge is 2.53. The number of hydrogen-bond donors (Lipinski definition) is 2. The van der Waals surface area contributed by atoms with E-state index in [9.17, 15) is 0 Å². The fourth-order valence-corrected chi connectivity index (χ4v) is 2.90. The van der Waals surface area contributed by atoms with Crippen LogP contribution in [-0.4, -0.2) is 24.5 Å². The Morgan fingerprint density at radius 2 is 2.05 bits per heavy atom. The van der Waals surface area contributed by atoms with Crippen molar-refractivity contribution in [1.29, 1.82) is 0 Å². The molecule has 1 aliphatic carbocycles. The summed E-state index contributed by atoms with van der Waals surface area (Å²) in [5.41, 5.74) is 1.81. The topological polar surface area (TPSA) is 66.5 Å². The summed E-state index contributed by atoms with van der Waals surface area (Å²) >= 11 is 12.1. The highest BCUT2D eigenvalue weighted by Crippen LogP contribution is 2.59. The molecule has 7 heteroatoms. The molecule has 1 unspecified atom stereocenters. The first-order valence-corrected chi connectivity index (χ1v) is 7.29. The van der Waals surface area contributed by atoms with Crippen LogP contribution in [0.3, 0.4) is 0 Å². The Kier molecular flexibility index (Phi) is 2.80. The molecule has 0 bridgehead atoms. The Hall–Kier alpha value is -1.85. The Morgan fingerprint density at radius 1 is 1.24 bits per heavy atom. The second kappa shape index (κ2) is 4.58. The van der Waals surface area contributed by atoms with E-state index < -0.39 is 4.33 Å². The predicted molar refractivity (Wildman–Crippen MR) is 83.2 cm³/mol. The van der Waals surface area contributed by atoms with Gasteiger partial charge in [0.15, 0.2) is 5.82 Å². The van der Waals surface area contributed by atoms with Crippen molar-refractivity contribution < 1.29 is 0 Å². The standard InChI is InChI=1S/C14H11Cl2N5/c15-14(16)6-9(14)11-5-12(21-20-11)19-13-8-3-1-2-4-10(8)17-7-18-13/h1-5,7,9H,6H2,(H2,17,18,19,20,21). The van der Waals surface area contributed by atoms with E-state index in [0.29, 0.717) is 5.82 Å². The zero-order valence-corrected chi connectivity index (χ0v) is 12.4. The number of H-pyrrole nitrogens is 1. The fraction of sp³-hybridized carbons (Fsp3) is 0.214. The molecule has 0 amide bonds. The van der Waals surface area contributed by atoms with Crippen molar-refractivity contribution in [2.24, 2.45) is 0 Å². The summed E-state index contributed by atoms with van der Waals surface area (Å²) in [6.07, 6.45) is 2.27. The number of halogens is 2. The molecule has 0 spiro atoms. The number of benzene rings is 1. The zero-order chi connectivity index (χ0) is 14.4. The maximum Gasteiger partial charge on any atom is 0.153 e. The minimum absolute atomic E-state index is 0.117. The summed E-state index contributed by atoms with van der Waals surface area (Å²) in [7, 11) is 0. The normalized spacial score (nSPS) is 19.6. The molecular weight excluding hydrogens is 309 g/mol. The third-order valence-electron chi connectivity index (χ3n) is 3.59. The van der Waals surface area contributed by atoms with Gasteiger partial charge in [0.1, 0.15) is 16.5 Å². The van der Waals surface area contributed by atoms with Crippen molar-refractivity contribution >= 4 is 45.7 Å². The molecule has 21 heavy (non-hydrogen) atoms. The van der Waals surface area contributed by atoms with Crippen molar-refractivity contribution in [3.05, 3.63) is 42.4 Å². The summed E-state index contributed by atoms with van der Waals surface area (Å²) in [5, 5.41) is 11.3. The van der Waals surface area contributed by atoms with E-state index >= 15 is 0 Å². The van der Waals surface area contributed by atoms with E-state index in [-0.39, 0.29) is 5.92 Å². The molecule has 106 valence electrons. The van der Waals surface area contributed by atoms with E-state index in [1.807, 2.05) is 30.3 Å². The number of alkyl halides is 2. The van der Waals surface area contributed by atoms with Crippen LogP contribution in [0.15, 0.2) is 36.7 Å². The van der Waals surface area contributed by atoms with E-state index in [4.69, 9.17) is 23.2 Å². The summed E-state index contributed by atoms with van der Waals surface area (Å²) in [6.45, 7) is 0. The molecule has 1 aliphatic rings. The molecular formula is C14H11Cl2N5. The first-order valence-electron chi connectivity index (χ1n) is 6.53. The number of para-hydroxylation sites is 1. The molecule has 4 rings (SSSR count). The van der Waals surface area contributed by atoms with Crippen LogP contribution in [0.25, 0.3) is 10.9 Å². The smallest absolute Gasteiger partial charge is 0.153 e. The lowest BCUT2D eigenvalue weighted by molar-refractivity contribution is 0.958. The number of fused-ring (bicyclic) bond motifs is 1. The Balaban J connectivity index is 1.63. The number of hydrogen-bond acceptors (Lipinski definition) is 4. The van der Waals surface area contributed by atoms with Gasteiger partial charge in [-0.3, -0.25) is 5.10 Å². The van der Waals surface area contributed by atoms with Crippen molar-refractivity contribution in [3.8, 4) is 0 Å². The fourth-order valence-electron chi connectivity index (χ4n) is 2.36. The van der Waals surface area contributed by atoms with Gasteiger partial charge in [0, 0.05) is 23.1 Å². The number of anilines is 2. The highest BCUT2D eigenvalue weighted by molar-refractivity contribution is 6.51. The van der Waals surface area contributed by atoms with E-state index in [1.54, 1.807) is 0 Å². The maximum absolute atomic E-state index is 6.07. The van der Waals surface area contributed by atoms with E-state index in [1.165, 1.54) is 6.33 Å². The SMILES string of the molecule is ClC1(Cl)CC1c1cc(Nc2ncnc3ccccc23)n[nH]1. The first kappa shape index (κ1) is 12.9. The minimum Gasteiger partial charge on any atom is -0.323 e. The molecule has 1 saturated carbocycles. The van der Waals surface area contributed by atoms with Crippen molar-refractivity contribution in [1.82, 2.24) is 20.2 Å². The average molecular weight is 320 g/mol. The molecule has 0 radical (unpaired) electrons. The molecule has 2 aromatic heterocycles. The lowest BCUT2D eigenvalue weighted by Gasteiger charge is -2.04. The molecule has 5 nitrogen and oxygen atoms in total. The summed E-state index contributed by atoms with van der Waals surface area (Å²) in [5.74, 6) is 1.52. The minimum atomic E-state index is -0.661. The third-order valence-corrected chi connectivity index (χ3v) is 4.42. The highest BCUT2D eigenvalue weighted by atomic mass is 35.5. The summed E-state index contributed by atoms with van der Waals surface area (Å²) in [6, 6.07) is 9.71. The van der Waals surface area contributed by atoms with Gasteiger partial charge in [0.25, 0.3) is 0 Å². The summed E-state index contributed by atoms with van der Waals surface area (Å²) < 4.78 is -0.661. The lowest BCUT2D eigenvalue weighted by atomic mass is 10.2. The van der Waals surface area contributed by atoms with Gasteiger partial charge in [-0.1, -0.05) is 12.1 Å². The number of aromatic amines is 1. The molecule has 3 aromatic rings. The van der Waals surface area contributed by atoms with Crippen molar-refractivity contribution in [3.63, 3.8) is 0 Å². The van der Waals surface area contributed by atoms with Crippen LogP contribution in [0.1, 0.15) is 18.0 Å². The Morgan fingerprint density at radius 3 is 2.86 bits per heavy atom. The molecule has 0 saturated heterocycles. The maximum atomic E-state index is 6.07. The molecule has 0 aliphatic heterocycles. The Bertz CT molecular complexity index is 808.